The molecule has 0 aliphatic heterocycles. The summed E-state index contributed by atoms with van der Waals surface area (Å²) in [4.78, 5) is 23.0. The van der Waals surface area contributed by atoms with Crippen LogP contribution in [0.15, 0.2) is 41.5 Å². The highest BCUT2D eigenvalue weighted by atomic mass is 32.1. The van der Waals surface area contributed by atoms with Crippen LogP contribution in [0.1, 0.15) is 5.82 Å². The Morgan fingerprint density at radius 1 is 1.25 bits per heavy atom. The van der Waals surface area contributed by atoms with Gasteiger partial charge in [-0.25, -0.2) is 9.97 Å². The van der Waals surface area contributed by atoms with Gasteiger partial charge in [0, 0.05) is 0 Å². The fourth-order valence-corrected chi connectivity index (χ4v) is 1.85. The normalized spacial score (nSPS) is 10.4. The lowest BCUT2D eigenvalue weighted by atomic mass is 10.2. The van der Waals surface area contributed by atoms with Gasteiger partial charge < -0.3 is 10.3 Å². The molecule has 3 aromatic rings. The van der Waals surface area contributed by atoms with E-state index < -0.39 is 0 Å². The Morgan fingerprint density at radius 2 is 2.10 bits per heavy atom. The van der Waals surface area contributed by atoms with E-state index >= 15 is 0 Å². The summed E-state index contributed by atoms with van der Waals surface area (Å²) >= 11 is 5.17. The van der Waals surface area contributed by atoms with Crippen molar-refractivity contribution in [3.05, 3.63) is 52.8 Å². The van der Waals surface area contributed by atoms with Crippen LogP contribution in [0.4, 0.5) is 5.95 Å². The molecule has 1 aromatic carbocycles. The summed E-state index contributed by atoms with van der Waals surface area (Å²) in [5.74, 6) is 0.504. The van der Waals surface area contributed by atoms with Crippen LogP contribution in [0.5, 0.6) is 0 Å². The summed E-state index contributed by atoms with van der Waals surface area (Å²) < 4.78 is 0. The van der Waals surface area contributed by atoms with Gasteiger partial charge in [0.05, 0.1) is 23.3 Å². The third-order valence-electron chi connectivity index (χ3n) is 2.54. The average Bonchev–Trinajstić information content (AvgIpc) is 2.48. The molecule has 0 unspecified atom stereocenters. The number of aromatic nitrogens is 5. The minimum absolute atomic E-state index is 0.223. The molecule has 98 valence electrons. The highest BCUT2D eigenvalue weighted by Gasteiger charge is 2.09. The average molecular weight is 284 g/mol. The van der Waals surface area contributed by atoms with Crippen molar-refractivity contribution in [1.29, 1.82) is 0 Å². The standard InChI is InChI=1S/C12H8N6OS/c19-10-7-3-1-2-4-8(7)15-9(16-10)11(20)17-12-13-5-6-14-18-12/h1-6H,(H,15,16,19)(H,13,17,18,20). The summed E-state index contributed by atoms with van der Waals surface area (Å²) in [5, 5.41) is 10.7. The fourth-order valence-electron chi connectivity index (χ4n) is 1.66. The highest BCUT2D eigenvalue weighted by molar-refractivity contribution is 7.81. The van der Waals surface area contributed by atoms with E-state index in [0.717, 1.165) is 0 Å². The second-order valence-corrected chi connectivity index (χ2v) is 4.26. The zero-order valence-electron chi connectivity index (χ0n) is 10.1. The molecule has 0 saturated carbocycles. The Morgan fingerprint density at radius 3 is 2.90 bits per heavy atom. The summed E-state index contributed by atoms with van der Waals surface area (Å²) in [7, 11) is 0. The molecular weight excluding hydrogens is 276 g/mol. The van der Waals surface area contributed by atoms with Gasteiger partial charge in [-0.15, -0.1) is 5.10 Å². The second kappa shape index (κ2) is 5.10. The molecular formula is C12H8N6OS. The summed E-state index contributed by atoms with van der Waals surface area (Å²) in [5.41, 5.74) is 0.323. The predicted octanol–water partition coefficient (Wildman–Crippen LogP) is 0.896. The van der Waals surface area contributed by atoms with Gasteiger partial charge in [-0.1, -0.05) is 24.4 Å². The number of nitrogens with zero attached hydrogens (tertiary/aromatic N) is 4. The number of benzene rings is 1. The van der Waals surface area contributed by atoms with E-state index in [1.54, 1.807) is 24.3 Å². The zero-order valence-corrected chi connectivity index (χ0v) is 10.9. The molecule has 0 bridgehead atoms. The van der Waals surface area contributed by atoms with Crippen LogP contribution in [0, 0.1) is 0 Å². The lowest BCUT2D eigenvalue weighted by Gasteiger charge is -2.05. The third kappa shape index (κ3) is 2.36. The number of H-pyrrole nitrogens is 1. The lowest BCUT2D eigenvalue weighted by Crippen LogP contribution is -2.21. The van der Waals surface area contributed by atoms with Crippen molar-refractivity contribution in [2.75, 3.05) is 5.32 Å². The van der Waals surface area contributed by atoms with Gasteiger partial charge in [0.1, 0.15) is 4.99 Å². The van der Waals surface area contributed by atoms with Crippen LogP contribution >= 0.6 is 12.2 Å². The molecule has 2 aromatic heterocycles. The number of hydrogen-bond acceptors (Lipinski definition) is 6. The van der Waals surface area contributed by atoms with Gasteiger partial charge in [0.25, 0.3) is 5.56 Å². The number of nitrogens with one attached hydrogen (secondary N) is 2. The van der Waals surface area contributed by atoms with Crippen LogP contribution in [0.3, 0.4) is 0 Å². The number of anilines is 1. The van der Waals surface area contributed by atoms with E-state index in [0.29, 0.717) is 10.9 Å². The van der Waals surface area contributed by atoms with E-state index in [1.165, 1.54) is 12.4 Å². The molecule has 0 radical (unpaired) electrons. The summed E-state index contributed by atoms with van der Waals surface area (Å²) in [6, 6.07) is 7.03. The maximum atomic E-state index is 11.9. The highest BCUT2D eigenvalue weighted by Crippen LogP contribution is 2.06. The Labute approximate surface area is 118 Å². The van der Waals surface area contributed by atoms with Crippen LogP contribution in [0.2, 0.25) is 0 Å². The van der Waals surface area contributed by atoms with Gasteiger partial charge >= 0.3 is 0 Å². The molecule has 0 amide bonds. The number of para-hydroxylation sites is 1. The first kappa shape index (κ1) is 12.3. The molecule has 0 aliphatic carbocycles. The van der Waals surface area contributed by atoms with Crippen molar-refractivity contribution in [2.45, 2.75) is 0 Å². The van der Waals surface area contributed by atoms with Gasteiger partial charge in [-0.05, 0) is 12.1 Å². The monoisotopic (exact) mass is 284 g/mol. The smallest absolute Gasteiger partial charge is 0.259 e. The molecule has 8 heteroatoms. The summed E-state index contributed by atoms with van der Waals surface area (Å²) in [6.07, 6.45) is 2.93. The Kier molecular flexibility index (Phi) is 3.13. The number of thiocarbonyl (C=S) groups is 1. The maximum absolute atomic E-state index is 11.9. The Bertz CT molecular complexity index is 832. The molecule has 0 spiro atoms. The largest absolute Gasteiger partial charge is 0.311 e. The van der Waals surface area contributed by atoms with E-state index in [4.69, 9.17) is 12.2 Å². The minimum Gasteiger partial charge on any atom is -0.311 e. The number of hydrogen-bond donors (Lipinski definition) is 2. The molecule has 0 fully saturated rings. The lowest BCUT2D eigenvalue weighted by molar-refractivity contribution is 0.981. The van der Waals surface area contributed by atoms with Crippen molar-refractivity contribution in [2.24, 2.45) is 0 Å². The predicted molar refractivity (Wildman–Crippen MR) is 77.5 cm³/mol. The molecule has 3 rings (SSSR count). The zero-order chi connectivity index (χ0) is 13.9. The van der Waals surface area contributed by atoms with Gasteiger partial charge in [0.15, 0.2) is 5.82 Å². The molecule has 2 heterocycles. The summed E-state index contributed by atoms with van der Waals surface area (Å²) in [6.45, 7) is 0. The maximum Gasteiger partial charge on any atom is 0.259 e. The van der Waals surface area contributed by atoms with Gasteiger partial charge in [-0.3, -0.25) is 4.79 Å². The molecule has 0 saturated heterocycles. The first-order chi connectivity index (χ1) is 9.74. The van der Waals surface area contributed by atoms with Gasteiger partial charge in [-0.2, -0.15) is 5.10 Å². The second-order valence-electron chi connectivity index (χ2n) is 3.85. The van der Waals surface area contributed by atoms with E-state index in [1.807, 2.05) is 0 Å². The van der Waals surface area contributed by atoms with Crippen LogP contribution in [0.25, 0.3) is 10.9 Å². The Balaban J connectivity index is 1.98. The van der Waals surface area contributed by atoms with E-state index in [-0.39, 0.29) is 22.3 Å². The quantitative estimate of drug-likeness (QED) is 0.675. The Hall–Kier alpha value is -2.74. The van der Waals surface area contributed by atoms with E-state index in [2.05, 4.69) is 30.5 Å². The number of rotatable bonds is 2. The van der Waals surface area contributed by atoms with Crippen molar-refractivity contribution >= 4 is 34.1 Å². The number of aromatic amines is 1. The minimum atomic E-state index is -0.248. The number of fused-ring (bicyclic) bond motifs is 1. The topological polar surface area (TPSA) is 96.5 Å². The SMILES string of the molecule is O=c1[nH]c(C(=S)Nc2nccnn2)nc2ccccc12. The van der Waals surface area contributed by atoms with Crippen molar-refractivity contribution in [1.82, 2.24) is 25.1 Å². The molecule has 7 nitrogen and oxygen atoms in total. The van der Waals surface area contributed by atoms with Crippen molar-refractivity contribution < 1.29 is 0 Å². The molecule has 0 atom stereocenters. The first-order valence-electron chi connectivity index (χ1n) is 5.68. The van der Waals surface area contributed by atoms with Crippen LogP contribution in [-0.4, -0.2) is 30.1 Å². The van der Waals surface area contributed by atoms with E-state index in [9.17, 15) is 4.79 Å². The molecule has 2 N–H and O–H groups in total. The molecule has 20 heavy (non-hydrogen) atoms. The van der Waals surface area contributed by atoms with Crippen molar-refractivity contribution in [3.63, 3.8) is 0 Å². The first-order valence-corrected chi connectivity index (χ1v) is 6.09. The van der Waals surface area contributed by atoms with Crippen LogP contribution < -0.4 is 10.9 Å². The van der Waals surface area contributed by atoms with Crippen molar-refractivity contribution in [3.8, 4) is 0 Å². The van der Waals surface area contributed by atoms with Gasteiger partial charge in [0.2, 0.25) is 5.95 Å². The third-order valence-corrected chi connectivity index (χ3v) is 2.83. The van der Waals surface area contributed by atoms with Crippen LogP contribution in [-0.2, 0) is 0 Å². The fraction of sp³-hybridized carbons (Fsp3) is 0. The molecule has 0 aliphatic rings.